The molecule has 3 rings (SSSR count). The summed E-state index contributed by atoms with van der Waals surface area (Å²) in [5, 5.41) is 2.28. The van der Waals surface area contributed by atoms with Crippen molar-refractivity contribution in [1.29, 1.82) is 0 Å². The molecule has 0 saturated carbocycles. The monoisotopic (exact) mass is 330 g/mol. The van der Waals surface area contributed by atoms with Crippen LogP contribution in [0.4, 0.5) is 0 Å². The minimum absolute atomic E-state index is 0.977. The minimum Gasteiger partial charge on any atom is -0.254 e. The number of hydrogen-bond donors (Lipinski definition) is 0. The molecule has 0 radical (unpaired) electrons. The van der Waals surface area contributed by atoms with E-state index in [9.17, 15) is 0 Å². The van der Waals surface area contributed by atoms with Crippen LogP contribution in [0.3, 0.4) is 0 Å². The zero-order valence-electron chi connectivity index (χ0n) is 17.5. The SMILES string of the molecule is CC.CC.CC.CC.CC.c1cnc2c(c1)ccc1cccnc12. The Balaban J connectivity index is -0.000000384. The predicted octanol–water partition coefficient (Wildman–Crippen LogP) is 7.91. The molecule has 0 unspecified atom stereocenters. The van der Waals surface area contributed by atoms with Crippen LogP contribution in [0, 0.1) is 0 Å². The van der Waals surface area contributed by atoms with Crippen LogP contribution in [0.1, 0.15) is 69.2 Å². The van der Waals surface area contributed by atoms with Gasteiger partial charge in [-0.3, -0.25) is 9.97 Å². The lowest BCUT2D eigenvalue weighted by Crippen LogP contribution is -1.83. The van der Waals surface area contributed by atoms with Gasteiger partial charge in [-0.15, -0.1) is 0 Å². The topological polar surface area (TPSA) is 25.8 Å². The summed E-state index contributed by atoms with van der Waals surface area (Å²) < 4.78 is 0. The van der Waals surface area contributed by atoms with Crippen molar-refractivity contribution in [1.82, 2.24) is 9.97 Å². The van der Waals surface area contributed by atoms with Gasteiger partial charge in [-0.1, -0.05) is 93.5 Å². The molecule has 0 aliphatic carbocycles. The highest BCUT2D eigenvalue weighted by Gasteiger charge is 2.00. The van der Waals surface area contributed by atoms with Crippen molar-refractivity contribution >= 4 is 21.8 Å². The fourth-order valence-electron chi connectivity index (χ4n) is 1.68. The summed E-state index contributed by atoms with van der Waals surface area (Å²) in [6.07, 6.45) is 3.60. The fourth-order valence-corrected chi connectivity index (χ4v) is 1.68. The summed E-state index contributed by atoms with van der Waals surface area (Å²) in [5.41, 5.74) is 1.95. The Morgan fingerprint density at radius 3 is 1.04 bits per heavy atom. The molecule has 0 atom stereocenters. The van der Waals surface area contributed by atoms with Gasteiger partial charge < -0.3 is 0 Å². The first-order valence-corrected chi connectivity index (χ1v) is 9.53. The molecular formula is C22H38N2. The van der Waals surface area contributed by atoms with Crippen LogP contribution in [0.25, 0.3) is 21.8 Å². The van der Waals surface area contributed by atoms with Crippen molar-refractivity contribution < 1.29 is 0 Å². The molecule has 0 bridgehead atoms. The van der Waals surface area contributed by atoms with E-state index in [1.165, 1.54) is 0 Å². The molecule has 0 fully saturated rings. The summed E-state index contributed by atoms with van der Waals surface area (Å²) in [5.74, 6) is 0. The van der Waals surface area contributed by atoms with E-state index in [4.69, 9.17) is 0 Å². The first kappa shape index (κ1) is 26.9. The van der Waals surface area contributed by atoms with E-state index in [2.05, 4.69) is 34.2 Å². The van der Waals surface area contributed by atoms with Crippen LogP contribution < -0.4 is 0 Å². The second kappa shape index (κ2) is 21.0. The smallest absolute Gasteiger partial charge is 0.0964 e. The van der Waals surface area contributed by atoms with Crippen molar-refractivity contribution in [2.24, 2.45) is 0 Å². The standard InChI is InChI=1S/C12H8N2.5C2H6/c1-3-9-5-6-10-4-2-8-14-12(10)11(9)13-7-1;5*1-2/h1-8H;5*1-2H3. The first-order valence-electron chi connectivity index (χ1n) is 9.53. The van der Waals surface area contributed by atoms with E-state index < -0.39 is 0 Å². The van der Waals surface area contributed by atoms with Crippen LogP contribution in [0.2, 0.25) is 0 Å². The normalized spacial score (nSPS) is 7.58. The third-order valence-corrected chi connectivity index (χ3v) is 2.34. The van der Waals surface area contributed by atoms with Gasteiger partial charge in [0.05, 0.1) is 11.0 Å². The lowest BCUT2D eigenvalue weighted by Gasteiger charge is -2.00. The number of aromatic nitrogens is 2. The van der Waals surface area contributed by atoms with Gasteiger partial charge in [0.15, 0.2) is 0 Å². The van der Waals surface area contributed by atoms with Crippen molar-refractivity contribution in [3.05, 3.63) is 48.8 Å². The van der Waals surface area contributed by atoms with E-state index in [1.807, 2.05) is 81.4 Å². The lowest BCUT2D eigenvalue weighted by atomic mass is 10.1. The summed E-state index contributed by atoms with van der Waals surface area (Å²) in [7, 11) is 0. The Labute approximate surface area is 150 Å². The maximum Gasteiger partial charge on any atom is 0.0964 e. The maximum absolute atomic E-state index is 4.35. The van der Waals surface area contributed by atoms with E-state index in [1.54, 1.807) is 12.4 Å². The number of rotatable bonds is 0. The maximum atomic E-state index is 4.35. The molecule has 2 nitrogen and oxygen atoms in total. The quantitative estimate of drug-likeness (QED) is 0.391. The number of hydrogen-bond acceptors (Lipinski definition) is 2. The minimum atomic E-state index is 0.977. The molecular weight excluding hydrogens is 292 g/mol. The molecule has 2 heteroatoms. The number of nitrogens with zero attached hydrogens (tertiary/aromatic N) is 2. The summed E-state index contributed by atoms with van der Waals surface area (Å²) in [4.78, 5) is 8.69. The van der Waals surface area contributed by atoms with Crippen LogP contribution in [-0.4, -0.2) is 9.97 Å². The molecule has 2 heterocycles. The highest BCUT2D eigenvalue weighted by atomic mass is 14.7. The van der Waals surface area contributed by atoms with Crippen molar-refractivity contribution in [3.8, 4) is 0 Å². The number of benzene rings is 1. The molecule has 0 spiro atoms. The average molecular weight is 331 g/mol. The number of pyridine rings is 2. The Bertz CT molecular complexity index is 549. The van der Waals surface area contributed by atoms with Crippen LogP contribution >= 0.6 is 0 Å². The second-order valence-electron chi connectivity index (χ2n) is 3.22. The van der Waals surface area contributed by atoms with E-state index in [0.29, 0.717) is 0 Å². The third-order valence-electron chi connectivity index (χ3n) is 2.34. The Kier molecular flexibility index (Phi) is 23.6. The number of fused-ring (bicyclic) bond motifs is 3. The fraction of sp³-hybridized carbons (Fsp3) is 0.455. The molecule has 0 aliphatic heterocycles. The molecule has 136 valence electrons. The third kappa shape index (κ3) is 8.61. The second-order valence-corrected chi connectivity index (χ2v) is 3.22. The molecule has 0 amide bonds. The van der Waals surface area contributed by atoms with Gasteiger partial charge in [0.1, 0.15) is 0 Å². The lowest BCUT2D eigenvalue weighted by molar-refractivity contribution is 1.37. The van der Waals surface area contributed by atoms with Gasteiger partial charge in [0.25, 0.3) is 0 Å². The molecule has 0 saturated heterocycles. The molecule has 1 aromatic carbocycles. The van der Waals surface area contributed by atoms with Gasteiger partial charge in [0, 0.05) is 23.2 Å². The highest BCUT2D eigenvalue weighted by molar-refractivity contribution is 6.02. The van der Waals surface area contributed by atoms with Crippen LogP contribution in [-0.2, 0) is 0 Å². The van der Waals surface area contributed by atoms with Crippen molar-refractivity contribution in [3.63, 3.8) is 0 Å². The molecule has 3 aromatic rings. The van der Waals surface area contributed by atoms with Crippen LogP contribution in [0.5, 0.6) is 0 Å². The average Bonchev–Trinajstić information content (AvgIpc) is 2.75. The zero-order valence-corrected chi connectivity index (χ0v) is 17.5. The van der Waals surface area contributed by atoms with Crippen molar-refractivity contribution in [2.45, 2.75) is 69.2 Å². The van der Waals surface area contributed by atoms with Gasteiger partial charge in [-0.25, -0.2) is 0 Å². The van der Waals surface area contributed by atoms with E-state index in [0.717, 1.165) is 21.8 Å². The highest BCUT2D eigenvalue weighted by Crippen LogP contribution is 2.20. The van der Waals surface area contributed by atoms with Gasteiger partial charge >= 0.3 is 0 Å². The molecule has 24 heavy (non-hydrogen) atoms. The Hall–Kier alpha value is -1.96. The largest absolute Gasteiger partial charge is 0.254 e. The van der Waals surface area contributed by atoms with Gasteiger partial charge in [0.2, 0.25) is 0 Å². The van der Waals surface area contributed by atoms with Crippen LogP contribution in [0.15, 0.2) is 48.8 Å². The Morgan fingerprint density at radius 1 is 0.458 bits per heavy atom. The summed E-state index contributed by atoms with van der Waals surface area (Å²) in [6.45, 7) is 20.0. The van der Waals surface area contributed by atoms with E-state index >= 15 is 0 Å². The summed E-state index contributed by atoms with van der Waals surface area (Å²) in [6, 6.07) is 12.1. The van der Waals surface area contributed by atoms with Gasteiger partial charge in [-0.05, 0) is 12.1 Å². The Morgan fingerprint density at radius 2 is 0.750 bits per heavy atom. The zero-order chi connectivity index (χ0) is 19.4. The predicted molar refractivity (Wildman–Crippen MR) is 114 cm³/mol. The molecule has 0 aliphatic rings. The first-order chi connectivity index (χ1) is 11.9. The molecule has 2 aromatic heterocycles. The van der Waals surface area contributed by atoms with Crippen molar-refractivity contribution in [2.75, 3.05) is 0 Å². The molecule has 0 N–H and O–H groups in total. The van der Waals surface area contributed by atoms with Gasteiger partial charge in [-0.2, -0.15) is 0 Å². The summed E-state index contributed by atoms with van der Waals surface area (Å²) >= 11 is 0. The van der Waals surface area contributed by atoms with E-state index in [-0.39, 0.29) is 0 Å².